The van der Waals surface area contributed by atoms with E-state index in [9.17, 15) is 14.9 Å². The molecule has 8 nitrogen and oxygen atoms in total. The molecule has 1 heterocycles. The van der Waals surface area contributed by atoms with E-state index in [0.717, 1.165) is 9.13 Å². The van der Waals surface area contributed by atoms with E-state index in [1.807, 2.05) is 31.2 Å². The van der Waals surface area contributed by atoms with Crippen LogP contribution >= 0.6 is 50.1 Å². The third-order valence-corrected chi connectivity index (χ3v) is 6.58. The zero-order chi connectivity index (χ0) is 25.8. The highest BCUT2D eigenvalue weighted by Gasteiger charge is 2.27. The molecule has 0 atom stereocenters. The predicted octanol–water partition coefficient (Wildman–Crippen LogP) is 6.94. The highest BCUT2D eigenvalue weighted by molar-refractivity contribution is 14.1. The number of carbonyl (C=O) groups is 1. The summed E-state index contributed by atoms with van der Waals surface area (Å²) in [7, 11) is 0. The van der Waals surface area contributed by atoms with Crippen molar-refractivity contribution in [3.8, 4) is 11.5 Å². The fourth-order valence-electron chi connectivity index (χ4n) is 3.28. The number of carbonyl (C=O) groups excluding carboxylic acids is 1. The Kier molecular flexibility index (Phi) is 8.27. The first-order valence-electron chi connectivity index (χ1n) is 10.6. The molecule has 0 amide bonds. The van der Waals surface area contributed by atoms with Crippen LogP contribution in [0.5, 0.6) is 11.5 Å². The monoisotopic (exact) mass is 682 g/mol. The molecule has 0 unspecified atom stereocenters. The summed E-state index contributed by atoms with van der Waals surface area (Å²) < 4.78 is 18.8. The van der Waals surface area contributed by atoms with Crippen LogP contribution in [0.3, 0.4) is 0 Å². The summed E-state index contributed by atoms with van der Waals surface area (Å²) in [4.78, 5) is 27.3. The number of nitrogens with zero attached hydrogens (tertiary/aromatic N) is 2. The summed E-state index contributed by atoms with van der Waals surface area (Å²) in [5, 5.41) is 11.3. The molecule has 0 bridgehead atoms. The average molecular weight is 684 g/mol. The van der Waals surface area contributed by atoms with E-state index in [4.69, 9.17) is 25.8 Å². The fraction of sp³-hybridized carbons (Fsp3) is 0.120. The molecule has 0 saturated heterocycles. The van der Waals surface area contributed by atoms with Gasteiger partial charge in [0.05, 0.1) is 26.6 Å². The zero-order valence-electron chi connectivity index (χ0n) is 18.7. The van der Waals surface area contributed by atoms with Gasteiger partial charge in [0, 0.05) is 15.7 Å². The smallest absolute Gasteiger partial charge is 0.363 e. The topological polar surface area (TPSA) is 100 Å². The number of nitro benzene ring substituents is 1. The van der Waals surface area contributed by atoms with Gasteiger partial charge in [-0.25, -0.2) is 9.79 Å². The summed E-state index contributed by atoms with van der Waals surface area (Å²) in [6.45, 7) is 2.61. The first-order chi connectivity index (χ1) is 17.2. The number of halogens is 3. The van der Waals surface area contributed by atoms with Crippen molar-refractivity contribution in [1.29, 1.82) is 0 Å². The van der Waals surface area contributed by atoms with Gasteiger partial charge in [0.2, 0.25) is 5.90 Å². The van der Waals surface area contributed by atoms with Gasteiger partial charge in [0.25, 0.3) is 5.69 Å². The Labute approximate surface area is 233 Å². The maximum absolute atomic E-state index is 12.5. The van der Waals surface area contributed by atoms with Crippen LogP contribution in [0.2, 0.25) is 5.02 Å². The molecule has 3 aromatic rings. The van der Waals surface area contributed by atoms with E-state index in [0.29, 0.717) is 34.7 Å². The van der Waals surface area contributed by atoms with Crippen molar-refractivity contribution in [2.75, 3.05) is 6.61 Å². The van der Waals surface area contributed by atoms with Crippen molar-refractivity contribution in [3.05, 3.63) is 100 Å². The third kappa shape index (κ3) is 6.05. The summed E-state index contributed by atoms with van der Waals surface area (Å²) in [6, 6.07) is 15.3. The van der Waals surface area contributed by atoms with E-state index in [2.05, 4.69) is 43.5 Å². The van der Waals surface area contributed by atoms with Crippen LogP contribution in [0.25, 0.3) is 6.08 Å². The highest BCUT2D eigenvalue weighted by atomic mass is 127. The number of benzene rings is 3. The van der Waals surface area contributed by atoms with E-state index in [-0.39, 0.29) is 27.9 Å². The van der Waals surface area contributed by atoms with Crippen LogP contribution in [-0.4, -0.2) is 23.4 Å². The highest BCUT2D eigenvalue weighted by Crippen LogP contribution is 2.38. The fourth-order valence-corrected chi connectivity index (χ4v) is 4.42. The molecule has 1 aliphatic rings. The Morgan fingerprint density at radius 2 is 1.92 bits per heavy atom. The zero-order valence-corrected chi connectivity index (χ0v) is 23.2. The lowest BCUT2D eigenvalue weighted by Crippen LogP contribution is -2.06. The van der Waals surface area contributed by atoms with Gasteiger partial charge in [0.15, 0.2) is 17.2 Å². The molecule has 3 aromatic carbocycles. The molecule has 36 heavy (non-hydrogen) atoms. The summed E-state index contributed by atoms with van der Waals surface area (Å²) >= 11 is 11.9. The molecule has 0 fully saturated rings. The lowest BCUT2D eigenvalue weighted by atomic mass is 10.1. The number of non-ortho nitro benzene ring substituents is 1. The number of nitro groups is 1. The Hall–Kier alpha value is -2.96. The van der Waals surface area contributed by atoms with Crippen molar-refractivity contribution in [2.24, 2.45) is 4.99 Å². The summed E-state index contributed by atoms with van der Waals surface area (Å²) in [5.41, 5.74) is 1.57. The molecule has 0 saturated carbocycles. The maximum atomic E-state index is 12.5. The number of ether oxygens (including phenoxy) is 3. The Morgan fingerprint density at radius 3 is 2.61 bits per heavy atom. The molecule has 11 heteroatoms. The quantitative estimate of drug-likeness (QED) is 0.0839. The van der Waals surface area contributed by atoms with E-state index >= 15 is 0 Å². The third-order valence-electron chi connectivity index (χ3n) is 4.94. The number of cyclic esters (lactones) is 1. The number of hydrogen-bond acceptors (Lipinski definition) is 7. The minimum absolute atomic E-state index is 0.00878. The van der Waals surface area contributed by atoms with Gasteiger partial charge in [-0.1, -0.05) is 23.7 Å². The minimum Gasteiger partial charge on any atom is -0.490 e. The number of esters is 1. The lowest BCUT2D eigenvalue weighted by molar-refractivity contribution is -0.384. The molecule has 0 N–H and O–H groups in total. The molecule has 1 aliphatic heterocycles. The largest absolute Gasteiger partial charge is 0.490 e. The molecule has 0 spiro atoms. The van der Waals surface area contributed by atoms with Crippen molar-refractivity contribution in [2.45, 2.75) is 13.5 Å². The average Bonchev–Trinajstić information content (AvgIpc) is 3.19. The minimum atomic E-state index is -0.708. The second kappa shape index (κ2) is 11.4. The molecule has 0 aliphatic carbocycles. The maximum Gasteiger partial charge on any atom is 0.363 e. The Morgan fingerprint density at radius 1 is 1.17 bits per heavy atom. The van der Waals surface area contributed by atoms with Crippen LogP contribution in [-0.2, 0) is 16.1 Å². The van der Waals surface area contributed by atoms with Crippen molar-refractivity contribution < 1.29 is 23.9 Å². The molecule has 0 radical (unpaired) electrons. The van der Waals surface area contributed by atoms with Crippen LogP contribution in [0.1, 0.15) is 23.6 Å². The first kappa shape index (κ1) is 26.1. The SMILES string of the molecule is CCOc1cc(/C=C2\N=C(c3cc([N+](=O)[O-])ccc3Cl)OC2=O)cc(Br)c1OCc1ccc(I)cc1. The number of rotatable bonds is 8. The van der Waals surface area contributed by atoms with E-state index in [1.165, 1.54) is 24.3 Å². The molecular formula is C25H17BrClIN2O6. The summed E-state index contributed by atoms with van der Waals surface area (Å²) in [6.07, 6.45) is 1.52. The normalized spacial score (nSPS) is 13.9. The Bertz CT molecular complexity index is 1410. The van der Waals surface area contributed by atoms with Crippen LogP contribution in [0.4, 0.5) is 5.69 Å². The van der Waals surface area contributed by atoms with Crippen molar-refractivity contribution >= 4 is 73.8 Å². The number of aliphatic imine (C=N–C) groups is 1. The lowest BCUT2D eigenvalue weighted by Gasteiger charge is -2.15. The standard InChI is InChI=1S/C25H17BrClIN2O6/c1-2-34-22-11-15(9-19(26)23(22)35-13-14-3-5-16(28)6-4-14)10-21-25(31)36-24(29-21)18-12-17(30(32)33)7-8-20(18)27/h3-12H,2,13H2,1H3/b21-10-. The van der Waals surface area contributed by atoms with Crippen molar-refractivity contribution in [1.82, 2.24) is 0 Å². The van der Waals surface area contributed by atoms with Gasteiger partial charge in [-0.05, 0) is 93.0 Å². The summed E-state index contributed by atoms with van der Waals surface area (Å²) in [5.74, 6) is 0.197. The van der Waals surface area contributed by atoms with Crippen LogP contribution < -0.4 is 9.47 Å². The molecule has 184 valence electrons. The predicted molar refractivity (Wildman–Crippen MR) is 148 cm³/mol. The van der Waals surface area contributed by atoms with Gasteiger partial charge >= 0.3 is 5.97 Å². The number of hydrogen-bond donors (Lipinski definition) is 0. The van der Waals surface area contributed by atoms with Crippen LogP contribution in [0, 0.1) is 13.7 Å². The van der Waals surface area contributed by atoms with Gasteiger partial charge in [-0.15, -0.1) is 0 Å². The first-order valence-corrected chi connectivity index (χ1v) is 12.8. The molecular weight excluding hydrogens is 667 g/mol. The van der Waals surface area contributed by atoms with Gasteiger partial charge in [-0.2, -0.15) is 0 Å². The van der Waals surface area contributed by atoms with E-state index < -0.39 is 10.9 Å². The van der Waals surface area contributed by atoms with Crippen molar-refractivity contribution in [3.63, 3.8) is 0 Å². The van der Waals surface area contributed by atoms with Crippen LogP contribution in [0.15, 0.2) is 69.8 Å². The van der Waals surface area contributed by atoms with Gasteiger partial charge < -0.3 is 14.2 Å². The van der Waals surface area contributed by atoms with Gasteiger partial charge in [-0.3, -0.25) is 10.1 Å². The Balaban J connectivity index is 1.63. The molecule has 0 aromatic heterocycles. The van der Waals surface area contributed by atoms with Gasteiger partial charge in [0.1, 0.15) is 6.61 Å². The van der Waals surface area contributed by atoms with E-state index in [1.54, 1.807) is 12.1 Å². The second-order valence-corrected chi connectivity index (χ2v) is 9.94. The second-order valence-electron chi connectivity index (χ2n) is 7.44. The molecule has 4 rings (SSSR count).